The number of carbonyl (C=O) groups is 1. The number of nitrogens with zero attached hydrogens (tertiary/aromatic N) is 3. The van der Waals surface area contributed by atoms with E-state index in [-0.39, 0.29) is 11.9 Å². The first-order valence-corrected chi connectivity index (χ1v) is 8.77. The number of amides is 1. The molecule has 0 bridgehead atoms. The molecule has 1 aromatic carbocycles. The van der Waals surface area contributed by atoms with Crippen molar-refractivity contribution in [3.63, 3.8) is 0 Å². The fourth-order valence-corrected chi connectivity index (χ4v) is 3.39. The minimum Gasteiger partial charge on any atom is -0.467 e. The van der Waals surface area contributed by atoms with Gasteiger partial charge in [-0.05, 0) is 29.8 Å². The number of imidazole rings is 1. The summed E-state index contributed by atoms with van der Waals surface area (Å²) in [6.07, 6.45) is 3.80. The van der Waals surface area contributed by atoms with Crippen LogP contribution in [0, 0.1) is 11.3 Å². The Morgan fingerprint density at radius 1 is 1.41 bits per heavy atom. The van der Waals surface area contributed by atoms with Gasteiger partial charge >= 0.3 is 0 Å². The first-order chi connectivity index (χ1) is 13.2. The van der Waals surface area contributed by atoms with Crippen molar-refractivity contribution in [2.24, 2.45) is 0 Å². The zero-order valence-corrected chi connectivity index (χ0v) is 14.7. The van der Waals surface area contributed by atoms with E-state index in [0.717, 1.165) is 17.0 Å². The molecule has 0 spiro atoms. The highest BCUT2D eigenvalue weighted by Crippen LogP contribution is 2.23. The highest BCUT2D eigenvalue weighted by Gasteiger charge is 2.33. The van der Waals surface area contributed by atoms with Crippen LogP contribution in [0.15, 0.2) is 53.4 Å². The maximum absolute atomic E-state index is 12.9. The van der Waals surface area contributed by atoms with Gasteiger partial charge in [-0.2, -0.15) is 5.26 Å². The van der Waals surface area contributed by atoms with Gasteiger partial charge in [-0.25, -0.2) is 4.98 Å². The topological polar surface area (TPSA) is 98.0 Å². The molecule has 0 fully saturated rings. The number of benzene rings is 1. The molecule has 1 aliphatic heterocycles. The standard InChI is InChI=1S/C20H19N5O2/c21-9-14-3-1-4-15(7-14)11-25-12-18-17(23-13-24-18)8-19(25)20(26)22-10-16-5-2-6-27-16/h1-7,13,19H,8,10-12H2,(H,22,26)(H,23,24)/t19-/m0/s1. The van der Waals surface area contributed by atoms with Crippen LogP contribution in [0.2, 0.25) is 0 Å². The van der Waals surface area contributed by atoms with E-state index in [1.54, 1.807) is 24.7 Å². The zero-order valence-electron chi connectivity index (χ0n) is 14.7. The summed E-state index contributed by atoms with van der Waals surface area (Å²) in [6, 6.07) is 12.9. The molecular weight excluding hydrogens is 342 g/mol. The molecule has 7 heteroatoms. The molecule has 1 atom stereocenters. The van der Waals surface area contributed by atoms with Gasteiger partial charge in [0.1, 0.15) is 5.76 Å². The minimum absolute atomic E-state index is 0.0588. The average Bonchev–Trinajstić information content (AvgIpc) is 3.37. The summed E-state index contributed by atoms with van der Waals surface area (Å²) >= 11 is 0. The Hall–Kier alpha value is -3.37. The van der Waals surface area contributed by atoms with Gasteiger partial charge < -0.3 is 14.7 Å². The predicted molar refractivity (Wildman–Crippen MR) is 97.0 cm³/mol. The predicted octanol–water partition coefficient (Wildman–Crippen LogP) is 2.12. The summed E-state index contributed by atoms with van der Waals surface area (Å²) in [7, 11) is 0. The van der Waals surface area contributed by atoms with Gasteiger partial charge in [-0.3, -0.25) is 9.69 Å². The molecule has 3 aromatic rings. The molecule has 2 aromatic heterocycles. The van der Waals surface area contributed by atoms with Crippen LogP contribution in [0.3, 0.4) is 0 Å². The Bertz CT molecular complexity index is 970. The molecule has 0 unspecified atom stereocenters. The second-order valence-corrected chi connectivity index (χ2v) is 6.56. The summed E-state index contributed by atoms with van der Waals surface area (Å²) < 4.78 is 5.29. The van der Waals surface area contributed by atoms with Crippen LogP contribution in [0.4, 0.5) is 0 Å². The van der Waals surface area contributed by atoms with E-state index in [1.807, 2.05) is 24.3 Å². The summed E-state index contributed by atoms with van der Waals surface area (Å²) in [5, 5.41) is 12.1. The summed E-state index contributed by atoms with van der Waals surface area (Å²) in [5.74, 6) is 0.657. The van der Waals surface area contributed by atoms with Crippen LogP contribution in [0.5, 0.6) is 0 Å². The lowest BCUT2D eigenvalue weighted by molar-refractivity contribution is -0.127. The SMILES string of the molecule is N#Cc1cccc(CN2Cc3[nH]cnc3C[C@H]2C(=O)NCc2ccco2)c1. The molecule has 1 aliphatic rings. The number of fused-ring (bicyclic) bond motifs is 1. The Morgan fingerprint density at radius 2 is 2.33 bits per heavy atom. The van der Waals surface area contributed by atoms with Gasteiger partial charge in [0.15, 0.2) is 0 Å². The number of furan rings is 1. The van der Waals surface area contributed by atoms with E-state index in [0.29, 0.717) is 37.4 Å². The largest absolute Gasteiger partial charge is 0.467 e. The zero-order chi connectivity index (χ0) is 18.6. The lowest BCUT2D eigenvalue weighted by Crippen LogP contribution is -2.49. The average molecular weight is 361 g/mol. The number of nitriles is 1. The number of H-pyrrole nitrogens is 1. The summed E-state index contributed by atoms with van der Waals surface area (Å²) in [6.45, 7) is 1.53. The second-order valence-electron chi connectivity index (χ2n) is 6.56. The molecule has 0 saturated heterocycles. The molecule has 1 amide bonds. The maximum atomic E-state index is 12.9. The number of aromatic amines is 1. The van der Waals surface area contributed by atoms with E-state index in [9.17, 15) is 4.79 Å². The number of aromatic nitrogens is 2. The molecule has 27 heavy (non-hydrogen) atoms. The first-order valence-electron chi connectivity index (χ1n) is 8.77. The van der Waals surface area contributed by atoms with Crippen LogP contribution in [-0.2, 0) is 30.8 Å². The van der Waals surface area contributed by atoms with Gasteiger partial charge in [-0.15, -0.1) is 0 Å². The smallest absolute Gasteiger partial charge is 0.238 e. The van der Waals surface area contributed by atoms with E-state index >= 15 is 0 Å². The Morgan fingerprint density at radius 3 is 3.15 bits per heavy atom. The van der Waals surface area contributed by atoms with Gasteiger partial charge in [-0.1, -0.05) is 12.1 Å². The number of carbonyl (C=O) groups excluding carboxylic acids is 1. The Balaban J connectivity index is 1.52. The van der Waals surface area contributed by atoms with Crippen LogP contribution in [0.1, 0.15) is 28.3 Å². The lowest BCUT2D eigenvalue weighted by atomic mass is 10.0. The van der Waals surface area contributed by atoms with Gasteiger partial charge in [0.2, 0.25) is 5.91 Å². The maximum Gasteiger partial charge on any atom is 0.238 e. The lowest BCUT2D eigenvalue weighted by Gasteiger charge is -2.34. The molecule has 0 radical (unpaired) electrons. The number of hydrogen-bond donors (Lipinski definition) is 2. The van der Waals surface area contributed by atoms with Crippen molar-refractivity contribution in [3.8, 4) is 6.07 Å². The van der Waals surface area contributed by atoms with E-state index in [2.05, 4.69) is 26.3 Å². The normalized spacial score (nSPS) is 16.5. The highest BCUT2D eigenvalue weighted by molar-refractivity contribution is 5.82. The van der Waals surface area contributed by atoms with Crippen molar-refractivity contribution in [3.05, 3.63) is 77.3 Å². The number of rotatable bonds is 5. The molecule has 0 saturated carbocycles. The molecule has 4 rings (SSSR count). The monoisotopic (exact) mass is 361 g/mol. The van der Waals surface area contributed by atoms with Gasteiger partial charge in [0, 0.05) is 19.5 Å². The van der Waals surface area contributed by atoms with Crippen molar-refractivity contribution in [2.45, 2.75) is 32.1 Å². The first kappa shape index (κ1) is 17.1. The fourth-order valence-electron chi connectivity index (χ4n) is 3.39. The number of hydrogen-bond acceptors (Lipinski definition) is 5. The molecule has 0 aliphatic carbocycles. The van der Waals surface area contributed by atoms with Crippen LogP contribution in [-0.4, -0.2) is 26.8 Å². The van der Waals surface area contributed by atoms with E-state index in [4.69, 9.17) is 9.68 Å². The molecule has 136 valence electrons. The van der Waals surface area contributed by atoms with Crippen molar-refractivity contribution in [1.29, 1.82) is 5.26 Å². The number of nitrogens with one attached hydrogen (secondary N) is 2. The molecule has 7 nitrogen and oxygen atoms in total. The summed E-state index contributed by atoms with van der Waals surface area (Å²) in [5.41, 5.74) is 3.57. The fraction of sp³-hybridized carbons (Fsp3) is 0.250. The van der Waals surface area contributed by atoms with E-state index < -0.39 is 0 Å². The summed E-state index contributed by atoms with van der Waals surface area (Å²) in [4.78, 5) is 22.5. The third kappa shape index (κ3) is 3.76. The third-order valence-corrected chi connectivity index (χ3v) is 4.76. The van der Waals surface area contributed by atoms with Crippen molar-refractivity contribution in [2.75, 3.05) is 0 Å². The van der Waals surface area contributed by atoms with Crippen LogP contribution < -0.4 is 5.32 Å². The second kappa shape index (κ2) is 7.48. The van der Waals surface area contributed by atoms with Crippen molar-refractivity contribution in [1.82, 2.24) is 20.2 Å². The minimum atomic E-state index is -0.332. The molecule has 2 N–H and O–H groups in total. The van der Waals surface area contributed by atoms with E-state index in [1.165, 1.54) is 0 Å². The third-order valence-electron chi connectivity index (χ3n) is 4.76. The molecule has 3 heterocycles. The van der Waals surface area contributed by atoms with Crippen molar-refractivity contribution < 1.29 is 9.21 Å². The van der Waals surface area contributed by atoms with Gasteiger partial charge in [0.05, 0.1) is 48.2 Å². The highest BCUT2D eigenvalue weighted by atomic mass is 16.3. The quantitative estimate of drug-likeness (QED) is 0.725. The Labute approximate surface area is 156 Å². The van der Waals surface area contributed by atoms with Crippen LogP contribution >= 0.6 is 0 Å². The molecular formula is C20H19N5O2. The van der Waals surface area contributed by atoms with Gasteiger partial charge in [0.25, 0.3) is 0 Å². The van der Waals surface area contributed by atoms with Crippen LogP contribution in [0.25, 0.3) is 0 Å². The Kier molecular flexibility index (Phi) is 4.73. The van der Waals surface area contributed by atoms with Crippen molar-refractivity contribution >= 4 is 5.91 Å².